The number of ketones is 1. The lowest BCUT2D eigenvalue weighted by molar-refractivity contribution is -0.150. The summed E-state index contributed by atoms with van der Waals surface area (Å²) >= 11 is 0. The van der Waals surface area contributed by atoms with E-state index in [0.29, 0.717) is 30.0 Å². The van der Waals surface area contributed by atoms with Crippen LogP contribution < -0.4 is 5.32 Å². The molecule has 1 aliphatic rings. The zero-order valence-corrected chi connectivity index (χ0v) is 16.6. The van der Waals surface area contributed by atoms with E-state index in [4.69, 9.17) is 4.74 Å². The van der Waals surface area contributed by atoms with Gasteiger partial charge < -0.3 is 10.1 Å². The lowest BCUT2D eigenvalue weighted by atomic mass is 9.98. The SMILES string of the molecule is CCOC(=O)C1CCCN(CC(=O)Nc2ccccc2C(=O)c2ccccc2)C1. The molecule has 0 aliphatic carbocycles. The van der Waals surface area contributed by atoms with Gasteiger partial charge in [-0.1, -0.05) is 42.5 Å². The first-order chi connectivity index (χ1) is 14.1. The van der Waals surface area contributed by atoms with Crippen molar-refractivity contribution >= 4 is 23.3 Å². The Morgan fingerprint density at radius 2 is 1.79 bits per heavy atom. The van der Waals surface area contributed by atoms with Crippen LogP contribution in [0.3, 0.4) is 0 Å². The number of ether oxygens (including phenoxy) is 1. The molecule has 6 heteroatoms. The average molecular weight is 394 g/mol. The number of carbonyl (C=O) groups is 3. The molecule has 2 aromatic rings. The highest BCUT2D eigenvalue weighted by atomic mass is 16.5. The fourth-order valence-electron chi connectivity index (χ4n) is 3.58. The van der Waals surface area contributed by atoms with Gasteiger partial charge in [0, 0.05) is 17.7 Å². The van der Waals surface area contributed by atoms with Crippen molar-refractivity contribution in [2.75, 3.05) is 31.6 Å². The van der Waals surface area contributed by atoms with Gasteiger partial charge in [-0.05, 0) is 38.4 Å². The van der Waals surface area contributed by atoms with E-state index in [-0.39, 0.29) is 30.1 Å². The maximum absolute atomic E-state index is 12.8. The number of piperidine rings is 1. The molecule has 0 bridgehead atoms. The molecule has 29 heavy (non-hydrogen) atoms. The second-order valence-corrected chi connectivity index (χ2v) is 7.12. The fraction of sp³-hybridized carbons (Fsp3) is 0.348. The number of likely N-dealkylation sites (tertiary alicyclic amines) is 1. The van der Waals surface area contributed by atoms with Gasteiger partial charge in [0.25, 0.3) is 0 Å². The van der Waals surface area contributed by atoms with Crippen molar-refractivity contribution in [1.29, 1.82) is 0 Å². The van der Waals surface area contributed by atoms with Crippen LogP contribution in [0.1, 0.15) is 35.7 Å². The highest BCUT2D eigenvalue weighted by molar-refractivity contribution is 6.13. The molecule has 1 fully saturated rings. The number of carbonyl (C=O) groups excluding carboxylic acids is 3. The number of esters is 1. The molecule has 1 atom stereocenters. The Balaban J connectivity index is 1.64. The summed E-state index contributed by atoms with van der Waals surface area (Å²) in [6.45, 7) is 3.59. The van der Waals surface area contributed by atoms with Crippen LogP contribution in [0.15, 0.2) is 54.6 Å². The van der Waals surface area contributed by atoms with Crippen LogP contribution in [-0.4, -0.2) is 48.8 Å². The average Bonchev–Trinajstić information content (AvgIpc) is 2.74. The molecule has 6 nitrogen and oxygen atoms in total. The van der Waals surface area contributed by atoms with Gasteiger partial charge in [0.1, 0.15) is 0 Å². The lowest BCUT2D eigenvalue weighted by Gasteiger charge is -2.30. The van der Waals surface area contributed by atoms with E-state index >= 15 is 0 Å². The lowest BCUT2D eigenvalue weighted by Crippen LogP contribution is -2.43. The largest absolute Gasteiger partial charge is 0.466 e. The Labute approximate surface area is 170 Å². The topological polar surface area (TPSA) is 75.7 Å². The quantitative estimate of drug-likeness (QED) is 0.577. The van der Waals surface area contributed by atoms with E-state index in [1.807, 2.05) is 23.1 Å². The third-order valence-corrected chi connectivity index (χ3v) is 4.97. The van der Waals surface area contributed by atoms with E-state index in [1.165, 1.54) is 0 Å². The van der Waals surface area contributed by atoms with E-state index in [2.05, 4.69) is 5.32 Å². The van der Waals surface area contributed by atoms with Crippen LogP contribution in [0.4, 0.5) is 5.69 Å². The van der Waals surface area contributed by atoms with Crippen LogP contribution in [0.2, 0.25) is 0 Å². The zero-order chi connectivity index (χ0) is 20.6. The monoisotopic (exact) mass is 394 g/mol. The van der Waals surface area contributed by atoms with Gasteiger partial charge in [0.15, 0.2) is 5.78 Å². The molecule has 1 unspecified atom stereocenters. The van der Waals surface area contributed by atoms with E-state index in [9.17, 15) is 14.4 Å². The number of hydrogen-bond acceptors (Lipinski definition) is 5. The van der Waals surface area contributed by atoms with Gasteiger partial charge in [0.2, 0.25) is 5.91 Å². The van der Waals surface area contributed by atoms with Crippen molar-refractivity contribution in [3.8, 4) is 0 Å². The van der Waals surface area contributed by atoms with Crippen molar-refractivity contribution < 1.29 is 19.1 Å². The number of nitrogens with zero attached hydrogens (tertiary/aromatic N) is 1. The molecule has 0 saturated carbocycles. The molecule has 152 valence electrons. The zero-order valence-electron chi connectivity index (χ0n) is 16.6. The van der Waals surface area contributed by atoms with Crippen molar-refractivity contribution in [3.63, 3.8) is 0 Å². The Morgan fingerprint density at radius 3 is 2.55 bits per heavy atom. The van der Waals surface area contributed by atoms with Crippen molar-refractivity contribution in [2.45, 2.75) is 19.8 Å². The van der Waals surface area contributed by atoms with Gasteiger partial charge in [-0.3, -0.25) is 19.3 Å². The molecular weight excluding hydrogens is 368 g/mol. The van der Waals surface area contributed by atoms with E-state index < -0.39 is 0 Å². The summed E-state index contributed by atoms with van der Waals surface area (Å²) in [6, 6.07) is 16.0. The highest BCUT2D eigenvalue weighted by Crippen LogP contribution is 2.21. The number of rotatable bonds is 7. The number of nitrogens with one attached hydrogen (secondary N) is 1. The second kappa shape index (κ2) is 9.98. The van der Waals surface area contributed by atoms with E-state index in [1.54, 1.807) is 43.3 Å². The predicted molar refractivity (Wildman–Crippen MR) is 111 cm³/mol. The highest BCUT2D eigenvalue weighted by Gasteiger charge is 2.28. The summed E-state index contributed by atoms with van der Waals surface area (Å²) in [5.74, 6) is -0.732. The minimum absolute atomic E-state index is 0.137. The molecule has 1 heterocycles. The summed E-state index contributed by atoms with van der Waals surface area (Å²) in [5, 5.41) is 2.86. The molecule has 2 aromatic carbocycles. The minimum Gasteiger partial charge on any atom is -0.466 e. The third kappa shape index (κ3) is 5.51. The molecule has 1 saturated heterocycles. The predicted octanol–water partition coefficient (Wildman–Crippen LogP) is 3.13. The fourth-order valence-corrected chi connectivity index (χ4v) is 3.58. The molecule has 0 aromatic heterocycles. The summed E-state index contributed by atoms with van der Waals surface area (Å²) < 4.78 is 5.11. The van der Waals surface area contributed by atoms with Gasteiger partial charge in [-0.25, -0.2) is 0 Å². The van der Waals surface area contributed by atoms with Crippen LogP contribution in [0.25, 0.3) is 0 Å². The third-order valence-electron chi connectivity index (χ3n) is 4.97. The van der Waals surface area contributed by atoms with Crippen molar-refractivity contribution in [3.05, 3.63) is 65.7 Å². The van der Waals surface area contributed by atoms with Crippen LogP contribution in [0.5, 0.6) is 0 Å². The molecule has 1 aliphatic heterocycles. The maximum atomic E-state index is 12.8. The number of amides is 1. The van der Waals surface area contributed by atoms with Crippen LogP contribution in [0, 0.1) is 5.92 Å². The van der Waals surface area contributed by atoms with Crippen molar-refractivity contribution in [2.24, 2.45) is 5.92 Å². The second-order valence-electron chi connectivity index (χ2n) is 7.12. The summed E-state index contributed by atoms with van der Waals surface area (Å²) in [7, 11) is 0. The minimum atomic E-state index is -0.206. The van der Waals surface area contributed by atoms with Gasteiger partial charge in [-0.2, -0.15) is 0 Å². The number of para-hydroxylation sites is 1. The normalized spacial score (nSPS) is 16.8. The number of benzene rings is 2. The van der Waals surface area contributed by atoms with Gasteiger partial charge in [-0.15, -0.1) is 0 Å². The van der Waals surface area contributed by atoms with Gasteiger partial charge >= 0.3 is 5.97 Å². The molecular formula is C23H26N2O4. The van der Waals surface area contributed by atoms with Crippen LogP contribution in [-0.2, 0) is 14.3 Å². The summed E-state index contributed by atoms with van der Waals surface area (Å²) in [6.07, 6.45) is 1.63. The first-order valence-electron chi connectivity index (χ1n) is 9.96. The molecule has 3 rings (SSSR count). The Morgan fingerprint density at radius 1 is 1.07 bits per heavy atom. The smallest absolute Gasteiger partial charge is 0.310 e. The Kier molecular flexibility index (Phi) is 7.14. The molecule has 0 spiro atoms. The Hall–Kier alpha value is -2.99. The standard InChI is InChI=1S/C23H26N2O4/c1-2-29-23(28)18-11-8-14-25(15-18)16-21(26)24-20-13-7-6-12-19(20)22(27)17-9-4-3-5-10-17/h3-7,9-10,12-13,18H,2,8,11,14-16H2,1H3,(H,24,26). The van der Waals surface area contributed by atoms with Gasteiger partial charge in [0.05, 0.1) is 24.8 Å². The summed E-state index contributed by atoms with van der Waals surface area (Å²) in [5.41, 5.74) is 1.52. The van der Waals surface area contributed by atoms with E-state index in [0.717, 1.165) is 19.4 Å². The summed E-state index contributed by atoms with van der Waals surface area (Å²) in [4.78, 5) is 39.4. The number of hydrogen-bond donors (Lipinski definition) is 1. The van der Waals surface area contributed by atoms with Crippen molar-refractivity contribution in [1.82, 2.24) is 4.90 Å². The maximum Gasteiger partial charge on any atom is 0.310 e. The molecule has 1 amide bonds. The Bertz CT molecular complexity index is 866. The number of anilines is 1. The first kappa shape index (κ1) is 20.7. The van der Waals surface area contributed by atoms with Crippen LogP contribution >= 0.6 is 0 Å². The molecule has 0 radical (unpaired) electrons. The molecule has 1 N–H and O–H groups in total. The first-order valence-corrected chi connectivity index (χ1v) is 9.96.